The molecule has 15 heavy (non-hydrogen) atoms. The van der Waals surface area contributed by atoms with Crippen molar-refractivity contribution in [2.24, 2.45) is 5.92 Å². The van der Waals surface area contributed by atoms with Gasteiger partial charge in [0.1, 0.15) is 0 Å². The van der Waals surface area contributed by atoms with Crippen LogP contribution in [-0.4, -0.2) is 18.3 Å². The summed E-state index contributed by atoms with van der Waals surface area (Å²) in [6.07, 6.45) is 6.64. The molecule has 0 saturated carbocycles. The van der Waals surface area contributed by atoms with Gasteiger partial charge in [0.25, 0.3) is 0 Å². The van der Waals surface area contributed by atoms with E-state index in [1.165, 1.54) is 25.7 Å². The van der Waals surface area contributed by atoms with Crippen LogP contribution in [0.25, 0.3) is 0 Å². The Morgan fingerprint density at radius 2 is 1.93 bits per heavy atom. The lowest BCUT2D eigenvalue weighted by atomic mass is 10.1. The molecule has 1 amide bonds. The second-order valence-electron chi connectivity index (χ2n) is 4.23. The van der Waals surface area contributed by atoms with Crippen molar-refractivity contribution in [2.45, 2.75) is 52.4 Å². The van der Waals surface area contributed by atoms with Crippen LogP contribution in [0, 0.1) is 5.92 Å². The fourth-order valence-electron chi connectivity index (χ4n) is 1.32. The Hall–Kier alpha value is -0.240. The van der Waals surface area contributed by atoms with Gasteiger partial charge in [-0.15, -0.1) is 11.6 Å². The molecule has 0 saturated heterocycles. The zero-order chi connectivity index (χ0) is 11.5. The van der Waals surface area contributed by atoms with Crippen molar-refractivity contribution in [3.8, 4) is 0 Å². The van der Waals surface area contributed by atoms with Crippen LogP contribution >= 0.6 is 11.6 Å². The monoisotopic (exact) mass is 233 g/mol. The number of alkyl halides is 1. The minimum atomic E-state index is 0.170. The number of carbonyl (C=O) groups is 1. The molecular weight excluding hydrogens is 210 g/mol. The predicted octanol–water partition coefficient (Wildman–Crippen LogP) is 3.34. The Balaban J connectivity index is 3.26. The fourth-order valence-corrected chi connectivity index (χ4v) is 1.43. The molecule has 0 aromatic rings. The van der Waals surface area contributed by atoms with E-state index >= 15 is 0 Å². The van der Waals surface area contributed by atoms with E-state index in [9.17, 15) is 4.79 Å². The molecule has 0 heterocycles. The Labute approximate surface area is 98.8 Å². The van der Waals surface area contributed by atoms with Gasteiger partial charge in [0, 0.05) is 18.8 Å². The maximum atomic E-state index is 11.3. The molecule has 1 unspecified atom stereocenters. The highest BCUT2D eigenvalue weighted by Crippen LogP contribution is 2.04. The highest BCUT2D eigenvalue weighted by atomic mass is 35.5. The molecule has 0 fully saturated rings. The summed E-state index contributed by atoms with van der Waals surface area (Å²) < 4.78 is 0. The molecule has 0 aromatic heterocycles. The number of hydrogen-bond acceptors (Lipinski definition) is 1. The van der Waals surface area contributed by atoms with Gasteiger partial charge in [0.15, 0.2) is 0 Å². The van der Waals surface area contributed by atoms with E-state index in [1.54, 1.807) is 0 Å². The number of unbranched alkanes of at least 4 members (excludes halogenated alkanes) is 4. The number of carbonyl (C=O) groups excluding carboxylic acids is 1. The third kappa shape index (κ3) is 10.1. The van der Waals surface area contributed by atoms with Crippen molar-refractivity contribution >= 4 is 17.5 Å². The van der Waals surface area contributed by atoms with Crippen LogP contribution in [0.1, 0.15) is 52.4 Å². The van der Waals surface area contributed by atoms with Crippen molar-refractivity contribution in [2.75, 3.05) is 12.4 Å². The molecule has 90 valence electrons. The Kier molecular flexibility index (Phi) is 10.1. The van der Waals surface area contributed by atoms with E-state index in [4.69, 9.17) is 11.6 Å². The summed E-state index contributed by atoms with van der Waals surface area (Å²) in [6.45, 7) is 4.94. The second kappa shape index (κ2) is 10.3. The quantitative estimate of drug-likeness (QED) is 0.480. The Bertz CT molecular complexity index is 162. The number of nitrogens with one attached hydrogen (secondary N) is 1. The van der Waals surface area contributed by atoms with E-state index in [0.717, 1.165) is 6.42 Å². The lowest BCUT2D eigenvalue weighted by Crippen LogP contribution is -2.28. The van der Waals surface area contributed by atoms with Crippen molar-refractivity contribution in [3.05, 3.63) is 0 Å². The van der Waals surface area contributed by atoms with E-state index in [2.05, 4.69) is 12.2 Å². The molecule has 0 bridgehead atoms. The van der Waals surface area contributed by atoms with Crippen LogP contribution in [0.2, 0.25) is 0 Å². The summed E-state index contributed by atoms with van der Waals surface area (Å²) in [5.41, 5.74) is 0. The molecular formula is C12H24ClNO. The van der Waals surface area contributed by atoms with Gasteiger partial charge in [-0.25, -0.2) is 0 Å². The van der Waals surface area contributed by atoms with Crippen LogP contribution in [0.3, 0.4) is 0 Å². The average molecular weight is 234 g/mol. The molecule has 0 spiro atoms. The second-order valence-corrected chi connectivity index (χ2v) is 4.54. The van der Waals surface area contributed by atoms with Gasteiger partial charge in [0.05, 0.1) is 0 Å². The normalized spacial score (nSPS) is 12.5. The molecule has 0 aliphatic carbocycles. The van der Waals surface area contributed by atoms with Crippen molar-refractivity contribution in [1.29, 1.82) is 0 Å². The summed E-state index contributed by atoms with van der Waals surface area (Å²) in [4.78, 5) is 11.3. The standard InChI is InChI=1S/C12H24ClNO/c1-3-4-5-6-7-8-12(15)14-10-11(2)9-13/h11H,3-10H2,1-2H3,(H,14,15). The maximum Gasteiger partial charge on any atom is 0.220 e. The molecule has 1 N–H and O–H groups in total. The number of amides is 1. The average Bonchev–Trinajstić information content (AvgIpc) is 2.25. The van der Waals surface area contributed by atoms with Crippen molar-refractivity contribution in [1.82, 2.24) is 5.32 Å². The molecule has 1 atom stereocenters. The van der Waals surface area contributed by atoms with Gasteiger partial charge in [-0.05, 0) is 12.3 Å². The van der Waals surface area contributed by atoms with E-state index < -0.39 is 0 Å². The van der Waals surface area contributed by atoms with E-state index in [0.29, 0.717) is 24.8 Å². The highest BCUT2D eigenvalue weighted by Gasteiger charge is 2.03. The first kappa shape index (κ1) is 14.8. The van der Waals surface area contributed by atoms with Gasteiger partial charge < -0.3 is 5.32 Å². The van der Waals surface area contributed by atoms with Crippen LogP contribution in [0.5, 0.6) is 0 Å². The highest BCUT2D eigenvalue weighted by molar-refractivity contribution is 6.18. The first-order valence-corrected chi connectivity index (χ1v) is 6.56. The lowest BCUT2D eigenvalue weighted by molar-refractivity contribution is -0.121. The molecule has 0 aromatic carbocycles. The first-order valence-electron chi connectivity index (χ1n) is 6.03. The van der Waals surface area contributed by atoms with Gasteiger partial charge in [-0.2, -0.15) is 0 Å². The Morgan fingerprint density at radius 3 is 2.53 bits per heavy atom. The first-order chi connectivity index (χ1) is 7.20. The fraction of sp³-hybridized carbons (Fsp3) is 0.917. The van der Waals surface area contributed by atoms with Crippen LogP contribution in [0.4, 0.5) is 0 Å². The molecule has 2 nitrogen and oxygen atoms in total. The molecule has 0 radical (unpaired) electrons. The third-order valence-corrected chi connectivity index (χ3v) is 2.95. The topological polar surface area (TPSA) is 29.1 Å². The summed E-state index contributed by atoms with van der Waals surface area (Å²) in [5, 5.41) is 2.90. The van der Waals surface area contributed by atoms with Gasteiger partial charge >= 0.3 is 0 Å². The van der Waals surface area contributed by atoms with Crippen LogP contribution < -0.4 is 5.32 Å². The van der Waals surface area contributed by atoms with Crippen molar-refractivity contribution < 1.29 is 4.79 Å². The minimum absolute atomic E-state index is 0.170. The number of halogens is 1. The van der Waals surface area contributed by atoms with Gasteiger partial charge in [0.2, 0.25) is 5.91 Å². The molecule has 0 aliphatic heterocycles. The van der Waals surface area contributed by atoms with Gasteiger partial charge in [-0.1, -0.05) is 39.5 Å². The minimum Gasteiger partial charge on any atom is -0.356 e. The smallest absolute Gasteiger partial charge is 0.220 e. The number of rotatable bonds is 9. The zero-order valence-corrected chi connectivity index (χ0v) is 10.8. The maximum absolute atomic E-state index is 11.3. The summed E-state index contributed by atoms with van der Waals surface area (Å²) in [7, 11) is 0. The zero-order valence-electron chi connectivity index (χ0n) is 10.0. The summed E-state index contributed by atoms with van der Waals surface area (Å²) in [6, 6.07) is 0. The Morgan fingerprint density at radius 1 is 1.27 bits per heavy atom. The molecule has 0 aliphatic rings. The summed E-state index contributed by atoms with van der Waals surface area (Å²) in [5.74, 6) is 1.15. The largest absolute Gasteiger partial charge is 0.356 e. The SMILES string of the molecule is CCCCCCCC(=O)NCC(C)CCl. The molecule has 0 rings (SSSR count). The lowest BCUT2D eigenvalue weighted by Gasteiger charge is -2.09. The number of hydrogen-bond donors (Lipinski definition) is 1. The van der Waals surface area contributed by atoms with Crippen LogP contribution in [0.15, 0.2) is 0 Å². The van der Waals surface area contributed by atoms with Crippen LogP contribution in [-0.2, 0) is 4.79 Å². The third-order valence-electron chi connectivity index (χ3n) is 2.42. The predicted molar refractivity (Wildman–Crippen MR) is 66.3 cm³/mol. The van der Waals surface area contributed by atoms with Crippen molar-refractivity contribution in [3.63, 3.8) is 0 Å². The van der Waals surface area contributed by atoms with E-state index in [1.807, 2.05) is 6.92 Å². The summed E-state index contributed by atoms with van der Waals surface area (Å²) >= 11 is 5.65. The van der Waals surface area contributed by atoms with Gasteiger partial charge in [-0.3, -0.25) is 4.79 Å². The van der Waals surface area contributed by atoms with E-state index in [-0.39, 0.29) is 5.91 Å². The molecule has 3 heteroatoms.